The molecule has 0 aliphatic carbocycles. The highest BCUT2D eigenvalue weighted by molar-refractivity contribution is 5.80. The van der Waals surface area contributed by atoms with Crippen LogP contribution < -0.4 is 4.74 Å². The molecule has 0 radical (unpaired) electrons. The molecule has 1 fully saturated rings. The average molecular weight is 277 g/mol. The molecule has 1 aromatic rings. The number of amides is 1. The van der Waals surface area contributed by atoms with E-state index in [1.165, 1.54) is 0 Å². The van der Waals surface area contributed by atoms with E-state index in [4.69, 9.17) is 9.84 Å². The van der Waals surface area contributed by atoms with Crippen LogP contribution >= 0.6 is 0 Å². The van der Waals surface area contributed by atoms with Crippen molar-refractivity contribution in [2.24, 2.45) is 11.8 Å². The molecule has 1 aliphatic heterocycles. The summed E-state index contributed by atoms with van der Waals surface area (Å²) in [6.07, 6.45) is 0.535. The molecule has 1 aliphatic rings. The van der Waals surface area contributed by atoms with E-state index < -0.39 is 11.9 Å². The summed E-state index contributed by atoms with van der Waals surface area (Å²) in [5.41, 5.74) is 0. The molecule has 0 spiro atoms. The quantitative estimate of drug-likeness (QED) is 0.888. The van der Waals surface area contributed by atoms with Crippen LogP contribution in [0.1, 0.15) is 13.3 Å². The maximum atomic E-state index is 12.2. The van der Waals surface area contributed by atoms with Crippen molar-refractivity contribution >= 4 is 11.9 Å². The monoisotopic (exact) mass is 277 g/mol. The number of aliphatic carboxylic acids is 1. The predicted octanol–water partition coefficient (Wildman–Crippen LogP) is 1.63. The van der Waals surface area contributed by atoms with Crippen molar-refractivity contribution in [3.63, 3.8) is 0 Å². The van der Waals surface area contributed by atoms with Gasteiger partial charge in [-0.1, -0.05) is 25.1 Å². The maximum absolute atomic E-state index is 12.2. The van der Waals surface area contributed by atoms with E-state index in [9.17, 15) is 9.59 Å². The van der Waals surface area contributed by atoms with Gasteiger partial charge in [0.2, 0.25) is 5.91 Å². The lowest BCUT2D eigenvalue weighted by atomic mass is 10.1. The Kier molecular flexibility index (Phi) is 4.61. The summed E-state index contributed by atoms with van der Waals surface area (Å²) in [4.78, 5) is 24.7. The van der Waals surface area contributed by atoms with Gasteiger partial charge in [0.05, 0.1) is 18.4 Å². The molecule has 0 aromatic heterocycles. The normalized spacial score (nSPS) is 19.6. The third kappa shape index (κ3) is 3.50. The first kappa shape index (κ1) is 14.4. The van der Waals surface area contributed by atoms with Gasteiger partial charge < -0.3 is 14.7 Å². The van der Waals surface area contributed by atoms with Gasteiger partial charge in [0.1, 0.15) is 5.75 Å². The van der Waals surface area contributed by atoms with E-state index in [1.807, 2.05) is 30.3 Å². The second-order valence-corrected chi connectivity index (χ2v) is 5.13. The number of carboxylic acid groups (broad SMARTS) is 1. The summed E-state index contributed by atoms with van der Waals surface area (Å²) in [6.45, 7) is 2.94. The van der Waals surface area contributed by atoms with E-state index in [1.54, 1.807) is 11.8 Å². The molecule has 1 amide bonds. The number of hydrogen-bond acceptors (Lipinski definition) is 3. The fourth-order valence-corrected chi connectivity index (χ4v) is 2.28. The number of likely N-dealkylation sites (tertiary alicyclic amines) is 1. The van der Waals surface area contributed by atoms with Crippen molar-refractivity contribution in [2.45, 2.75) is 13.3 Å². The minimum Gasteiger partial charge on any atom is -0.493 e. The largest absolute Gasteiger partial charge is 0.493 e. The number of ether oxygens (including phenoxy) is 1. The molecule has 1 heterocycles. The van der Waals surface area contributed by atoms with Crippen molar-refractivity contribution in [3.8, 4) is 5.75 Å². The van der Waals surface area contributed by atoms with Crippen LogP contribution in [0.15, 0.2) is 30.3 Å². The average Bonchev–Trinajstić information content (AvgIpc) is 2.95. The summed E-state index contributed by atoms with van der Waals surface area (Å²) in [5, 5.41) is 8.94. The number of carbonyl (C=O) groups excluding carboxylic acids is 1. The van der Waals surface area contributed by atoms with Crippen molar-refractivity contribution in [1.82, 2.24) is 4.90 Å². The van der Waals surface area contributed by atoms with Crippen LogP contribution in [0.4, 0.5) is 0 Å². The van der Waals surface area contributed by atoms with Crippen LogP contribution in [0.2, 0.25) is 0 Å². The Labute approximate surface area is 118 Å². The molecule has 20 heavy (non-hydrogen) atoms. The van der Waals surface area contributed by atoms with E-state index in [0.29, 0.717) is 26.1 Å². The summed E-state index contributed by atoms with van der Waals surface area (Å²) in [7, 11) is 0. The molecule has 1 saturated heterocycles. The fourth-order valence-electron chi connectivity index (χ4n) is 2.28. The lowest BCUT2D eigenvalue weighted by molar-refractivity contribution is -0.141. The maximum Gasteiger partial charge on any atom is 0.308 e. The van der Waals surface area contributed by atoms with Gasteiger partial charge in [-0.25, -0.2) is 0 Å². The van der Waals surface area contributed by atoms with E-state index in [0.717, 1.165) is 5.75 Å². The zero-order chi connectivity index (χ0) is 14.5. The van der Waals surface area contributed by atoms with Crippen LogP contribution in [-0.4, -0.2) is 41.6 Å². The van der Waals surface area contributed by atoms with Crippen molar-refractivity contribution in [3.05, 3.63) is 30.3 Å². The summed E-state index contributed by atoms with van der Waals surface area (Å²) < 4.78 is 5.56. The van der Waals surface area contributed by atoms with Gasteiger partial charge in [-0.3, -0.25) is 9.59 Å². The van der Waals surface area contributed by atoms with Gasteiger partial charge in [0, 0.05) is 13.1 Å². The second kappa shape index (κ2) is 6.41. The molecule has 108 valence electrons. The third-order valence-corrected chi connectivity index (χ3v) is 3.51. The summed E-state index contributed by atoms with van der Waals surface area (Å²) >= 11 is 0. The van der Waals surface area contributed by atoms with Crippen LogP contribution in [0.25, 0.3) is 0 Å². The Morgan fingerprint density at radius 2 is 2.10 bits per heavy atom. The van der Waals surface area contributed by atoms with Gasteiger partial charge in [-0.05, 0) is 18.6 Å². The Morgan fingerprint density at radius 3 is 2.70 bits per heavy atom. The first-order valence-corrected chi connectivity index (χ1v) is 6.77. The van der Waals surface area contributed by atoms with Crippen molar-refractivity contribution in [2.75, 3.05) is 19.7 Å². The first-order chi connectivity index (χ1) is 9.58. The molecule has 0 saturated carbocycles. The number of hydrogen-bond donors (Lipinski definition) is 1. The number of benzene rings is 1. The van der Waals surface area contributed by atoms with Crippen LogP contribution in [0.3, 0.4) is 0 Å². The Bertz CT molecular complexity index is 474. The van der Waals surface area contributed by atoms with Gasteiger partial charge >= 0.3 is 5.97 Å². The number of para-hydroxylation sites is 1. The number of rotatable bonds is 5. The Balaban J connectivity index is 1.82. The number of carboxylic acids is 1. The Morgan fingerprint density at radius 1 is 1.40 bits per heavy atom. The zero-order valence-corrected chi connectivity index (χ0v) is 11.5. The molecule has 2 atom stereocenters. The highest BCUT2D eigenvalue weighted by Gasteiger charge is 2.32. The lowest BCUT2D eigenvalue weighted by Gasteiger charge is -2.20. The minimum atomic E-state index is -0.825. The van der Waals surface area contributed by atoms with Gasteiger partial charge in [-0.15, -0.1) is 0 Å². The van der Waals surface area contributed by atoms with Gasteiger partial charge in [0.25, 0.3) is 0 Å². The van der Waals surface area contributed by atoms with Crippen molar-refractivity contribution in [1.29, 1.82) is 0 Å². The molecule has 5 nitrogen and oxygen atoms in total. The SMILES string of the molecule is C[C@H](COc1ccccc1)C(=O)N1CC[C@@H](C(=O)O)C1. The molecular weight excluding hydrogens is 258 g/mol. The molecule has 2 rings (SSSR count). The zero-order valence-electron chi connectivity index (χ0n) is 11.5. The summed E-state index contributed by atoms with van der Waals surface area (Å²) in [5.74, 6) is -0.834. The Hall–Kier alpha value is -2.04. The smallest absolute Gasteiger partial charge is 0.308 e. The second-order valence-electron chi connectivity index (χ2n) is 5.13. The number of nitrogens with zero attached hydrogens (tertiary/aromatic N) is 1. The van der Waals surface area contributed by atoms with E-state index in [-0.39, 0.29) is 11.8 Å². The van der Waals surface area contributed by atoms with Crippen LogP contribution in [0, 0.1) is 11.8 Å². The highest BCUT2D eigenvalue weighted by atomic mass is 16.5. The minimum absolute atomic E-state index is 0.0373. The molecule has 0 unspecified atom stereocenters. The van der Waals surface area contributed by atoms with Crippen molar-refractivity contribution < 1.29 is 19.4 Å². The summed E-state index contributed by atoms with van der Waals surface area (Å²) in [6, 6.07) is 9.33. The number of carbonyl (C=O) groups is 2. The van der Waals surface area contributed by atoms with E-state index in [2.05, 4.69) is 0 Å². The van der Waals surface area contributed by atoms with Crippen LogP contribution in [0.5, 0.6) is 5.75 Å². The van der Waals surface area contributed by atoms with Gasteiger partial charge in [0.15, 0.2) is 0 Å². The first-order valence-electron chi connectivity index (χ1n) is 6.77. The topological polar surface area (TPSA) is 66.8 Å². The lowest BCUT2D eigenvalue weighted by Crippen LogP contribution is -2.36. The molecular formula is C15H19NO4. The fraction of sp³-hybridized carbons (Fsp3) is 0.467. The van der Waals surface area contributed by atoms with E-state index >= 15 is 0 Å². The molecule has 5 heteroatoms. The predicted molar refractivity (Wildman–Crippen MR) is 73.4 cm³/mol. The molecule has 1 aromatic carbocycles. The third-order valence-electron chi connectivity index (χ3n) is 3.51. The molecule has 1 N–H and O–H groups in total. The standard InChI is InChI=1S/C15H19NO4/c1-11(10-20-13-5-3-2-4-6-13)14(17)16-8-7-12(9-16)15(18)19/h2-6,11-12H,7-10H2,1H3,(H,18,19)/t11-,12-/m1/s1. The van der Waals surface area contributed by atoms with Gasteiger partial charge in [-0.2, -0.15) is 0 Å². The van der Waals surface area contributed by atoms with Crippen LogP contribution in [-0.2, 0) is 9.59 Å². The highest BCUT2D eigenvalue weighted by Crippen LogP contribution is 2.19. The molecule has 0 bridgehead atoms.